The number of sulfonamides is 1. The van der Waals surface area contributed by atoms with Crippen LogP contribution in [-0.4, -0.2) is 29.5 Å². The predicted octanol–water partition coefficient (Wildman–Crippen LogP) is 2.33. The largest absolute Gasteiger partial charge is 0.281 e. The number of fused-ring (bicyclic) bond motifs is 1. The van der Waals surface area contributed by atoms with Crippen molar-refractivity contribution >= 4 is 10.0 Å². The summed E-state index contributed by atoms with van der Waals surface area (Å²) in [4.78, 5) is 0.314. The Morgan fingerprint density at radius 2 is 2.00 bits per heavy atom. The molecular formula is C15H19N3O2S. The van der Waals surface area contributed by atoms with Crippen molar-refractivity contribution in [3.05, 3.63) is 46.8 Å². The summed E-state index contributed by atoms with van der Waals surface area (Å²) in [6.45, 7) is 5.92. The zero-order valence-electron chi connectivity index (χ0n) is 12.4. The maximum Gasteiger partial charge on any atom is 0.247 e. The van der Waals surface area contributed by atoms with E-state index in [1.807, 2.05) is 25.1 Å². The number of H-pyrrole nitrogens is 1. The van der Waals surface area contributed by atoms with Gasteiger partial charge in [0.1, 0.15) is 4.90 Å². The van der Waals surface area contributed by atoms with Crippen LogP contribution >= 0.6 is 0 Å². The van der Waals surface area contributed by atoms with Crippen molar-refractivity contribution in [3.63, 3.8) is 0 Å². The third-order valence-electron chi connectivity index (χ3n) is 4.17. The quantitative estimate of drug-likeness (QED) is 0.926. The van der Waals surface area contributed by atoms with Crippen molar-refractivity contribution < 1.29 is 8.42 Å². The first kappa shape index (κ1) is 14.3. The maximum atomic E-state index is 13.0. The van der Waals surface area contributed by atoms with Crippen LogP contribution in [0.1, 0.15) is 35.5 Å². The minimum atomic E-state index is -3.53. The summed E-state index contributed by atoms with van der Waals surface area (Å²) in [6, 6.07) is 7.88. The number of nitrogens with one attached hydrogen (secondary N) is 1. The Bertz CT molecular complexity index is 760. The molecule has 5 nitrogen and oxygen atoms in total. The zero-order valence-corrected chi connectivity index (χ0v) is 13.2. The molecule has 1 atom stereocenters. The van der Waals surface area contributed by atoms with Gasteiger partial charge in [-0.3, -0.25) is 5.10 Å². The molecule has 2 heterocycles. The standard InChI is InChI=1S/C15H19N3O2S/c1-10-15(11(2)17-16-10)21(19,20)18-9-8-13-6-4-5-7-14(13)12(18)3/h4-7,12H,8-9H2,1-3H3,(H,16,17). The van der Waals surface area contributed by atoms with Gasteiger partial charge in [-0.05, 0) is 38.3 Å². The molecule has 0 spiro atoms. The second kappa shape index (κ2) is 4.96. The maximum absolute atomic E-state index is 13.0. The topological polar surface area (TPSA) is 66.1 Å². The fourth-order valence-electron chi connectivity index (χ4n) is 3.12. The van der Waals surface area contributed by atoms with Crippen LogP contribution in [0.3, 0.4) is 0 Å². The van der Waals surface area contributed by atoms with Crippen LogP contribution in [0.5, 0.6) is 0 Å². The fraction of sp³-hybridized carbons (Fsp3) is 0.400. The lowest BCUT2D eigenvalue weighted by atomic mass is 9.96. The summed E-state index contributed by atoms with van der Waals surface area (Å²) in [7, 11) is -3.53. The SMILES string of the molecule is Cc1n[nH]c(C)c1S(=O)(=O)N1CCc2ccccc2C1C. The van der Waals surface area contributed by atoms with Gasteiger partial charge in [0.25, 0.3) is 0 Å². The lowest BCUT2D eigenvalue weighted by Crippen LogP contribution is -2.39. The normalized spacial score (nSPS) is 19.5. The number of benzene rings is 1. The lowest BCUT2D eigenvalue weighted by molar-refractivity contribution is 0.326. The average molecular weight is 305 g/mol. The van der Waals surface area contributed by atoms with Crippen molar-refractivity contribution in [2.45, 2.75) is 38.1 Å². The van der Waals surface area contributed by atoms with E-state index < -0.39 is 10.0 Å². The molecule has 0 saturated heterocycles. The van der Waals surface area contributed by atoms with Crippen molar-refractivity contribution in [2.24, 2.45) is 0 Å². The van der Waals surface area contributed by atoms with Gasteiger partial charge in [0, 0.05) is 12.6 Å². The van der Waals surface area contributed by atoms with Crippen LogP contribution < -0.4 is 0 Å². The summed E-state index contributed by atoms with van der Waals surface area (Å²) >= 11 is 0. The van der Waals surface area contributed by atoms with Crippen LogP contribution in [0, 0.1) is 13.8 Å². The summed E-state index contributed by atoms with van der Waals surface area (Å²) in [5.41, 5.74) is 3.44. The Kier molecular flexibility index (Phi) is 3.37. The highest BCUT2D eigenvalue weighted by molar-refractivity contribution is 7.89. The molecule has 112 valence electrons. The van der Waals surface area contributed by atoms with Gasteiger partial charge in [0.05, 0.1) is 11.4 Å². The Balaban J connectivity index is 2.06. The van der Waals surface area contributed by atoms with Gasteiger partial charge in [-0.25, -0.2) is 8.42 Å². The Morgan fingerprint density at radius 3 is 2.67 bits per heavy atom. The number of aryl methyl sites for hydroxylation is 2. The second-order valence-electron chi connectivity index (χ2n) is 5.50. The molecule has 0 fully saturated rings. The lowest BCUT2D eigenvalue weighted by Gasteiger charge is -2.34. The molecule has 0 saturated carbocycles. The van der Waals surface area contributed by atoms with E-state index in [1.165, 1.54) is 5.56 Å². The smallest absolute Gasteiger partial charge is 0.247 e. The van der Waals surface area contributed by atoms with Gasteiger partial charge in [-0.15, -0.1) is 0 Å². The zero-order chi connectivity index (χ0) is 15.2. The first-order valence-corrected chi connectivity index (χ1v) is 8.48. The average Bonchev–Trinajstić information content (AvgIpc) is 2.79. The summed E-state index contributed by atoms with van der Waals surface area (Å²) in [5, 5.41) is 6.78. The second-order valence-corrected chi connectivity index (χ2v) is 7.33. The molecule has 1 unspecified atom stereocenters. The molecule has 21 heavy (non-hydrogen) atoms. The third-order valence-corrected chi connectivity index (χ3v) is 6.40. The minimum absolute atomic E-state index is 0.159. The van der Waals surface area contributed by atoms with Gasteiger partial charge in [0.2, 0.25) is 10.0 Å². The van der Waals surface area contributed by atoms with Crippen molar-refractivity contribution in [3.8, 4) is 0 Å². The number of aromatic amines is 1. The van der Waals surface area contributed by atoms with Crippen LogP contribution in [0.4, 0.5) is 0 Å². The molecule has 3 rings (SSSR count). The molecule has 1 aliphatic rings. The third kappa shape index (κ3) is 2.18. The number of rotatable bonds is 2. The molecule has 1 N–H and O–H groups in total. The number of hydrogen-bond donors (Lipinski definition) is 1. The molecule has 0 radical (unpaired) electrons. The molecule has 1 aromatic carbocycles. The van der Waals surface area contributed by atoms with Crippen molar-refractivity contribution in [1.82, 2.24) is 14.5 Å². The molecule has 0 amide bonds. The number of hydrogen-bond acceptors (Lipinski definition) is 3. The molecule has 6 heteroatoms. The first-order chi connectivity index (χ1) is 9.93. The van der Waals surface area contributed by atoms with Gasteiger partial charge in [-0.1, -0.05) is 24.3 Å². The molecule has 1 aromatic heterocycles. The van der Waals surface area contributed by atoms with E-state index in [9.17, 15) is 8.42 Å². The highest BCUT2D eigenvalue weighted by Crippen LogP contribution is 2.34. The van der Waals surface area contributed by atoms with Gasteiger partial charge < -0.3 is 0 Å². The van der Waals surface area contributed by atoms with Crippen LogP contribution in [0.25, 0.3) is 0 Å². The Labute approximate surface area is 125 Å². The van der Waals surface area contributed by atoms with E-state index in [0.717, 1.165) is 12.0 Å². The highest BCUT2D eigenvalue weighted by atomic mass is 32.2. The van der Waals surface area contributed by atoms with Crippen LogP contribution in [-0.2, 0) is 16.4 Å². The van der Waals surface area contributed by atoms with E-state index in [2.05, 4.69) is 16.3 Å². The number of aromatic nitrogens is 2. The first-order valence-electron chi connectivity index (χ1n) is 7.04. The van der Waals surface area contributed by atoms with Crippen LogP contribution in [0.2, 0.25) is 0 Å². The molecule has 1 aliphatic heterocycles. The van der Waals surface area contributed by atoms with Gasteiger partial charge in [0.15, 0.2) is 0 Å². The predicted molar refractivity (Wildman–Crippen MR) is 80.5 cm³/mol. The molecule has 0 aliphatic carbocycles. The van der Waals surface area contributed by atoms with Gasteiger partial charge in [-0.2, -0.15) is 9.40 Å². The van der Waals surface area contributed by atoms with Crippen molar-refractivity contribution in [2.75, 3.05) is 6.54 Å². The minimum Gasteiger partial charge on any atom is -0.281 e. The highest BCUT2D eigenvalue weighted by Gasteiger charge is 2.36. The van der Waals surface area contributed by atoms with Gasteiger partial charge >= 0.3 is 0 Å². The number of nitrogens with zero attached hydrogens (tertiary/aromatic N) is 2. The molecule has 2 aromatic rings. The van der Waals surface area contributed by atoms with Crippen LogP contribution in [0.15, 0.2) is 29.2 Å². The summed E-state index contributed by atoms with van der Waals surface area (Å²) in [6.07, 6.45) is 0.746. The molecular weight excluding hydrogens is 286 g/mol. The Hall–Kier alpha value is -1.66. The van der Waals surface area contributed by atoms with E-state index in [0.29, 0.717) is 22.8 Å². The monoisotopic (exact) mass is 305 g/mol. The van der Waals surface area contributed by atoms with E-state index in [-0.39, 0.29) is 6.04 Å². The van der Waals surface area contributed by atoms with E-state index in [1.54, 1.807) is 18.2 Å². The fourth-order valence-corrected chi connectivity index (χ4v) is 5.06. The van der Waals surface area contributed by atoms with E-state index in [4.69, 9.17) is 0 Å². The van der Waals surface area contributed by atoms with Crippen molar-refractivity contribution in [1.29, 1.82) is 0 Å². The summed E-state index contributed by atoms with van der Waals surface area (Å²) < 4.78 is 27.5. The molecule has 0 bridgehead atoms. The Morgan fingerprint density at radius 1 is 1.29 bits per heavy atom. The summed E-state index contributed by atoms with van der Waals surface area (Å²) in [5.74, 6) is 0. The van der Waals surface area contributed by atoms with E-state index >= 15 is 0 Å².